The van der Waals surface area contributed by atoms with Gasteiger partial charge in [-0.1, -0.05) is 23.7 Å². The number of hydrogen-bond acceptors (Lipinski definition) is 3. The molecule has 0 saturated heterocycles. The molecule has 4 nitrogen and oxygen atoms in total. The van der Waals surface area contributed by atoms with Crippen LogP contribution in [0.15, 0.2) is 40.9 Å². The lowest BCUT2D eigenvalue weighted by Crippen LogP contribution is -2.13. The molecule has 0 atom stereocenters. The number of amides is 1. The first-order chi connectivity index (χ1) is 9.52. The molecule has 0 fully saturated rings. The van der Waals surface area contributed by atoms with Crippen molar-refractivity contribution in [2.24, 2.45) is 0 Å². The van der Waals surface area contributed by atoms with Gasteiger partial charge in [0.05, 0.1) is 23.4 Å². The quantitative estimate of drug-likeness (QED) is 0.820. The lowest BCUT2D eigenvalue weighted by molar-refractivity contribution is 0.102. The van der Waals surface area contributed by atoms with Crippen LogP contribution in [0.1, 0.15) is 10.4 Å². The summed E-state index contributed by atoms with van der Waals surface area (Å²) in [6.07, 6.45) is 0. The lowest BCUT2D eigenvalue weighted by atomic mass is 10.2. The van der Waals surface area contributed by atoms with Crippen molar-refractivity contribution in [3.63, 3.8) is 0 Å². The molecule has 0 aliphatic carbocycles. The third-order valence-electron chi connectivity index (χ3n) is 2.65. The highest BCUT2D eigenvalue weighted by Gasteiger charge is 2.15. The van der Waals surface area contributed by atoms with Crippen LogP contribution >= 0.6 is 27.5 Å². The van der Waals surface area contributed by atoms with E-state index in [0.29, 0.717) is 32.2 Å². The van der Waals surface area contributed by atoms with E-state index in [0.717, 1.165) is 0 Å². The number of nitrogens with two attached hydrogens (primary N) is 1. The Labute approximate surface area is 130 Å². The maximum atomic E-state index is 12.2. The summed E-state index contributed by atoms with van der Waals surface area (Å²) in [5.41, 5.74) is 7.15. The second kappa shape index (κ2) is 6.15. The zero-order valence-electron chi connectivity index (χ0n) is 10.6. The largest absolute Gasteiger partial charge is 0.494 e. The van der Waals surface area contributed by atoms with E-state index in [9.17, 15) is 4.79 Å². The molecule has 2 aromatic carbocycles. The Morgan fingerprint density at radius 3 is 2.70 bits per heavy atom. The lowest BCUT2D eigenvalue weighted by Gasteiger charge is -2.13. The van der Waals surface area contributed by atoms with Gasteiger partial charge in [0.2, 0.25) is 0 Å². The number of rotatable bonds is 3. The fraction of sp³-hybridized carbons (Fsp3) is 0.0714. The molecule has 0 unspecified atom stereocenters. The van der Waals surface area contributed by atoms with Crippen LogP contribution in [-0.2, 0) is 0 Å². The zero-order chi connectivity index (χ0) is 14.7. The Morgan fingerprint density at radius 2 is 2.05 bits per heavy atom. The van der Waals surface area contributed by atoms with Crippen molar-refractivity contribution in [1.29, 1.82) is 0 Å². The summed E-state index contributed by atoms with van der Waals surface area (Å²) >= 11 is 9.35. The number of ether oxygens (including phenoxy) is 1. The molecule has 0 radical (unpaired) electrons. The minimum atomic E-state index is -0.320. The van der Waals surface area contributed by atoms with Crippen LogP contribution in [0.4, 0.5) is 11.4 Å². The number of halogens is 2. The van der Waals surface area contributed by atoms with Crippen LogP contribution in [0.3, 0.4) is 0 Å². The van der Waals surface area contributed by atoms with E-state index in [1.807, 2.05) is 0 Å². The first kappa shape index (κ1) is 14.7. The Hall–Kier alpha value is -1.72. The van der Waals surface area contributed by atoms with E-state index in [2.05, 4.69) is 21.2 Å². The monoisotopic (exact) mass is 354 g/mol. The third kappa shape index (κ3) is 3.05. The van der Waals surface area contributed by atoms with Crippen LogP contribution < -0.4 is 15.8 Å². The second-order valence-electron chi connectivity index (χ2n) is 4.01. The molecule has 0 aromatic heterocycles. The first-order valence-electron chi connectivity index (χ1n) is 5.72. The predicted molar refractivity (Wildman–Crippen MR) is 84.5 cm³/mol. The van der Waals surface area contributed by atoms with E-state index in [4.69, 9.17) is 22.1 Å². The number of anilines is 2. The van der Waals surface area contributed by atoms with Crippen molar-refractivity contribution in [2.75, 3.05) is 18.2 Å². The molecule has 2 rings (SSSR count). The second-order valence-corrected chi connectivity index (χ2v) is 5.28. The highest BCUT2D eigenvalue weighted by atomic mass is 79.9. The first-order valence-corrected chi connectivity index (χ1v) is 6.89. The molecule has 104 valence electrons. The molecule has 6 heteroatoms. The van der Waals surface area contributed by atoms with Gasteiger partial charge in [-0.05, 0) is 34.1 Å². The summed E-state index contributed by atoms with van der Waals surface area (Å²) in [7, 11) is 1.51. The van der Waals surface area contributed by atoms with Gasteiger partial charge in [-0.15, -0.1) is 0 Å². The van der Waals surface area contributed by atoms with Crippen molar-refractivity contribution in [2.45, 2.75) is 0 Å². The minimum Gasteiger partial charge on any atom is -0.494 e. The fourth-order valence-corrected chi connectivity index (χ4v) is 2.49. The number of carbonyl (C=O) groups is 1. The standard InChI is InChI=1S/C14H12BrClN2O2/c1-20-12-7-8(17)6-10(15)13(12)18-14(19)9-4-2-3-5-11(9)16/h2-7H,17H2,1H3,(H,18,19). The predicted octanol–water partition coefficient (Wildman–Crippen LogP) is 3.95. The SMILES string of the molecule is COc1cc(N)cc(Br)c1NC(=O)c1ccccc1Cl. The number of methoxy groups -OCH3 is 1. The van der Waals surface area contributed by atoms with E-state index in [-0.39, 0.29) is 5.91 Å². The van der Waals surface area contributed by atoms with Gasteiger partial charge in [0.15, 0.2) is 0 Å². The minimum absolute atomic E-state index is 0.320. The van der Waals surface area contributed by atoms with Gasteiger partial charge in [0, 0.05) is 16.2 Å². The van der Waals surface area contributed by atoms with Crippen molar-refractivity contribution in [3.8, 4) is 5.75 Å². The topological polar surface area (TPSA) is 64.3 Å². The summed E-state index contributed by atoms with van der Waals surface area (Å²) in [6, 6.07) is 10.1. The number of nitrogens with one attached hydrogen (secondary N) is 1. The molecule has 0 aliphatic rings. The van der Waals surface area contributed by atoms with Gasteiger partial charge in [-0.25, -0.2) is 0 Å². The van der Waals surface area contributed by atoms with Crippen molar-refractivity contribution < 1.29 is 9.53 Å². The highest BCUT2D eigenvalue weighted by Crippen LogP contribution is 2.35. The van der Waals surface area contributed by atoms with Crippen LogP contribution in [0.2, 0.25) is 5.02 Å². The van der Waals surface area contributed by atoms with Crippen LogP contribution in [0.25, 0.3) is 0 Å². The number of benzene rings is 2. The molecule has 2 aromatic rings. The van der Waals surface area contributed by atoms with Crippen molar-refractivity contribution in [1.82, 2.24) is 0 Å². The Bertz CT molecular complexity index is 662. The summed E-state index contributed by atoms with van der Waals surface area (Å²) in [6.45, 7) is 0. The van der Waals surface area contributed by atoms with Crippen LogP contribution in [-0.4, -0.2) is 13.0 Å². The highest BCUT2D eigenvalue weighted by molar-refractivity contribution is 9.10. The summed E-state index contributed by atoms with van der Waals surface area (Å²) in [5, 5.41) is 3.15. The van der Waals surface area contributed by atoms with Crippen molar-refractivity contribution >= 4 is 44.8 Å². The van der Waals surface area contributed by atoms with Crippen LogP contribution in [0.5, 0.6) is 5.75 Å². The summed E-state index contributed by atoms with van der Waals surface area (Å²) in [5.74, 6) is 0.150. The molecule has 0 heterocycles. The maximum absolute atomic E-state index is 12.2. The normalized spacial score (nSPS) is 10.2. The summed E-state index contributed by atoms with van der Waals surface area (Å²) in [4.78, 5) is 12.2. The molecule has 1 amide bonds. The third-order valence-corrected chi connectivity index (χ3v) is 3.61. The van der Waals surface area contributed by atoms with E-state index >= 15 is 0 Å². The molecular weight excluding hydrogens is 344 g/mol. The molecule has 3 N–H and O–H groups in total. The van der Waals surface area contributed by atoms with Gasteiger partial charge < -0.3 is 15.8 Å². The van der Waals surface area contributed by atoms with Gasteiger partial charge in [-0.3, -0.25) is 4.79 Å². The maximum Gasteiger partial charge on any atom is 0.257 e. The van der Waals surface area contributed by atoms with E-state index in [1.165, 1.54) is 7.11 Å². The fourth-order valence-electron chi connectivity index (χ4n) is 1.71. The molecule has 0 bridgehead atoms. The van der Waals surface area contributed by atoms with Gasteiger partial charge in [0.25, 0.3) is 5.91 Å². The smallest absolute Gasteiger partial charge is 0.257 e. The number of nitrogen functional groups attached to an aromatic ring is 1. The zero-order valence-corrected chi connectivity index (χ0v) is 13.0. The van der Waals surface area contributed by atoms with Crippen molar-refractivity contribution in [3.05, 3.63) is 51.5 Å². The Morgan fingerprint density at radius 1 is 1.35 bits per heavy atom. The molecular formula is C14H12BrClN2O2. The molecule has 0 aliphatic heterocycles. The average molecular weight is 356 g/mol. The van der Waals surface area contributed by atoms with E-state index < -0.39 is 0 Å². The van der Waals surface area contributed by atoms with Gasteiger partial charge in [-0.2, -0.15) is 0 Å². The van der Waals surface area contributed by atoms with Gasteiger partial charge in [0.1, 0.15) is 5.75 Å². The molecule has 0 saturated carbocycles. The van der Waals surface area contributed by atoms with Crippen LogP contribution in [0, 0.1) is 0 Å². The Kier molecular flexibility index (Phi) is 4.52. The number of carbonyl (C=O) groups excluding carboxylic acids is 1. The average Bonchev–Trinajstić information content (AvgIpc) is 2.41. The number of hydrogen-bond donors (Lipinski definition) is 2. The Balaban J connectivity index is 2.35. The summed E-state index contributed by atoms with van der Waals surface area (Å²) < 4.78 is 5.85. The van der Waals surface area contributed by atoms with Gasteiger partial charge >= 0.3 is 0 Å². The van der Waals surface area contributed by atoms with E-state index in [1.54, 1.807) is 36.4 Å². The molecule has 0 spiro atoms. The molecule has 20 heavy (non-hydrogen) atoms.